The monoisotopic (exact) mass is 379 g/mol. The van der Waals surface area contributed by atoms with Crippen molar-refractivity contribution in [2.45, 2.75) is 25.5 Å². The molecule has 148 valence electrons. The number of ether oxygens (including phenoxy) is 1. The van der Waals surface area contributed by atoms with Gasteiger partial charge in [0.05, 0.1) is 19.1 Å². The molecule has 2 aliphatic rings. The molecule has 1 amide bonds. The summed E-state index contributed by atoms with van der Waals surface area (Å²) >= 11 is 0. The molecule has 2 atom stereocenters. The van der Waals surface area contributed by atoms with E-state index in [9.17, 15) is 24.6 Å². The number of aliphatic hydroxyl groups excluding tert-OH is 1. The summed E-state index contributed by atoms with van der Waals surface area (Å²) in [5, 5.41) is 20.3. The Kier molecular flexibility index (Phi) is 5.52. The van der Waals surface area contributed by atoms with Gasteiger partial charge in [0, 0.05) is 50.9 Å². The van der Waals surface area contributed by atoms with Gasteiger partial charge >= 0.3 is 5.97 Å². The predicted octanol–water partition coefficient (Wildman–Crippen LogP) is -0.962. The number of piperidine rings is 1. The van der Waals surface area contributed by atoms with Gasteiger partial charge in [0.25, 0.3) is 5.56 Å². The number of hydrogen-bond acceptors (Lipinski definition) is 7. The Morgan fingerprint density at radius 2 is 1.96 bits per heavy atom. The molecule has 2 N–H and O–H groups in total. The highest BCUT2D eigenvalue weighted by Crippen LogP contribution is 2.24. The molecule has 0 radical (unpaired) electrons. The minimum atomic E-state index is -0.722. The Balaban J connectivity index is 1.86. The Hall–Kier alpha value is -2.39. The van der Waals surface area contributed by atoms with Crippen LogP contribution in [0.25, 0.3) is 0 Å². The molecular formula is C18H25N3O6. The van der Waals surface area contributed by atoms with Crippen molar-refractivity contribution >= 4 is 11.9 Å². The summed E-state index contributed by atoms with van der Waals surface area (Å²) in [6.45, 7) is 2.02. The number of nitrogens with zero attached hydrogens (tertiary/aromatic N) is 3. The molecule has 0 spiro atoms. The Morgan fingerprint density at radius 1 is 1.22 bits per heavy atom. The molecule has 0 bridgehead atoms. The van der Waals surface area contributed by atoms with Crippen LogP contribution in [0.3, 0.4) is 0 Å². The van der Waals surface area contributed by atoms with Crippen molar-refractivity contribution in [1.29, 1.82) is 0 Å². The predicted molar refractivity (Wildman–Crippen MR) is 95.6 cm³/mol. The van der Waals surface area contributed by atoms with E-state index in [0.717, 1.165) is 12.6 Å². The molecule has 3 rings (SSSR count). The summed E-state index contributed by atoms with van der Waals surface area (Å²) in [5.41, 5.74) is -0.103. The summed E-state index contributed by atoms with van der Waals surface area (Å²) in [6, 6.07) is 0.993. The van der Waals surface area contributed by atoms with E-state index in [0.29, 0.717) is 31.7 Å². The van der Waals surface area contributed by atoms with Crippen LogP contribution in [-0.2, 0) is 22.5 Å². The van der Waals surface area contributed by atoms with E-state index in [-0.39, 0.29) is 24.4 Å². The number of esters is 1. The topological polar surface area (TPSA) is 112 Å². The molecule has 1 saturated heterocycles. The van der Waals surface area contributed by atoms with E-state index >= 15 is 0 Å². The second kappa shape index (κ2) is 7.69. The Labute approximate surface area is 156 Å². The molecule has 1 fully saturated rings. The first kappa shape index (κ1) is 19.4. The van der Waals surface area contributed by atoms with Gasteiger partial charge in [-0.3, -0.25) is 9.59 Å². The molecule has 9 heteroatoms. The van der Waals surface area contributed by atoms with E-state index in [1.54, 1.807) is 4.90 Å². The second-order valence-corrected chi connectivity index (χ2v) is 7.13. The molecule has 27 heavy (non-hydrogen) atoms. The molecule has 3 heterocycles. The fraction of sp³-hybridized carbons (Fsp3) is 0.611. The number of aromatic nitrogens is 1. The normalized spacial score (nSPS) is 23.4. The quantitative estimate of drug-likeness (QED) is 0.636. The van der Waals surface area contributed by atoms with Gasteiger partial charge < -0.3 is 29.3 Å². The van der Waals surface area contributed by atoms with Crippen molar-refractivity contribution in [3.05, 3.63) is 27.7 Å². The third-order valence-electron chi connectivity index (χ3n) is 5.41. The summed E-state index contributed by atoms with van der Waals surface area (Å²) in [4.78, 5) is 40.9. The van der Waals surface area contributed by atoms with Crippen LogP contribution in [0.2, 0.25) is 0 Å². The van der Waals surface area contributed by atoms with Gasteiger partial charge in [-0.05, 0) is 13.5 Å². The van der Waals surface area contributed by atoms with E-state index < -0.39 is 29.3 Å². The lowest BCUT2D eigenvalue weighted by Gasteiger charge is -2.35. The molecule has 0 aliphatic carbocycles. The number of carbonyl (C=O) groups is 2. The highest BCUT2D eigenvalue weighted by atomic mass is 16.5. The maximum atomic E-state index is 13.0. The minimum absolute atomic E-state index is 0.0381. The third kappa shape index (κ3) is 3.70. The highest BCUT2D eigenvalue weighted by Gasteiger charge is 2.35. The molecule has 1 aromatic rings. The average molecular weight is 379 g/mol. The minimum Gasteiger partial charge on any atom is -0.507 e. The molecule has 0 saturated carbocycles. The van der Waals surface area contributed by atoms with Crippen LogP contribution in [0.5, 0.6) is 5.75 Å². The largest absolute Gasteiger partial charge is 0.507 e. The molecular weight excluding hydrogens is 354 g/mol. The molecule has 2 aliphatic heterocycles. The van der Waals surface area contributed by atoms with Gasteiger partial charge in [-0.2, -0.15) is 0 Å². The van der Waals surface area contributed by atoms with Gasteiger partial charge in [-0.15, -0.1) is 0 Å². The SMILES string of the molecule is COC(=O)c1c(O)cc(=O)n2c1CCN(C(=O)[C@@H]1CN(C)CC[C@@H]1O)CC2. The van der Waals surface area contributed by atoms with Crippen LogP contribution < -0.4 is 5.56 Å². The average Bonchev–Trinajstić information content (AvgIpc) is 2.86. The van der Waals surface area contributed by atoms with Crippen LogP contribution >= 0.6 is 0 Å². The van der Waals surface area contributed by atoms with Crippen LogP contribution in [0.15, 0.2) is 10.9 Å². The summed E-state index contributed by atoms with van der Waals surface area (Å²) in [5.74, 6) is -1.79. The van der Waals surface area contributed by atoms with Crippen LogP contribution in [0.1, 0.15) is 22.5 Å². The zero-order valence-electron chi connectivity index (χ0n) is 15.6. The van der Waals surface area contributed by atoms with Crippen molar-refractivity contribution in [2.75, 3.05) is 40.3 Å². The fourth-order valence-electron chi connectivity index (χ4n) is 3.89. The lowest BCUT2D eigenvalue weighted by molar-refractivity contribution is -0.142. The first-order chi connectivity index (χ1) is 12.8. The lowest BCUT2D eigenvalue weighted by Crippen LogP contribution is -2.50. The summed E-state index contributed by atoms with van der Waals surface area (Å²) < 4.78 is 6.13. The van der Waals surface area contributed by atoms with Crippen molar-refractivity contribution in [1.82, 2.24) is 14.4 Å². The second-order valence-electron chi connectivity index (χ2n) is 7.13. The van der Waals surface area contributed by atoms with E-state index in [2.05, 4.69) is 0 Å². The number of methoxy groups -OCH3 is 1. The maximum Gasteiger partial charge on any atom is 0.343 e. The van der Waals surface area contributed by atoms with Gasteiger partial charge in [-0.1, -0.05) is 0 Å². The van der Waals surface area contributed by atoms with Crippen molar-refractivity contribution in [2.24, 2.45) is 5.92 Å². The summed E-state index contributed by atoms with van der Waals surface area (Å²) in [7, 11) is 3.12. The van der Waals surface area contributed by atoms with Crippen molar-refractivity contribution in [3.63, 3.8) is 0 Å². The molecule has 0 aromatic carbocycles. The van der Waals surface area contributed by atoms with Crippen LogP contribution in [0, 0.1) is 5.92 Å². The first-order valence-corrected chi connectivity index (χ1v) is 9.03. The molecule has 1 aromatic heterocycles. The van der Waals surface area contributed by atoms with Crippen molar-refractivity contribution in [3.8, 4) is 5.75 Å². The van der Waals surface area contributed by atoms with Gasteiger partial charge in [-0.25, -0.2) is 4.79 Å². The number of pyridine rings is 1. The Bertz CT molecular complexity index is 805. The zero-order valence-corrected chi connectivity index (χ0v) is 15.6. The Morgan fingerprint density at radius 3 is 2.67 bits per heavy atom. The van der Waals surface area contributed by atoms with Crippen molar-refractivity contribution < 1.29 is 24.5 Å². The maximum absolute atomic E-state index is 13.0. The number of fused-ring (bicyclic) bond motifs is 1. The third-order valence-corrected chi connectivity index (χ3v) is 5.41. The van der Waals surface area contributed by atoms with E-state index in [1.807, 2.05) is 11.9 Å². The zero-order chi connectivity index (χ0) is 19.7. The van der Waals surface area contributed by atoms with Gasteiger partial charge in [0.1, 0.15) is 11.3 Å². The van der Waals surface area contributed by atoms with Gasteiger partial charge in [0.15, 0.2) is 0 Å². The van der Waals surface area contributed by atoms with Crippen LogP contribution in [0.4, 0.5) is 0 Å². The lowest BCUT2D eigenvalue weighted by atomic mass is 9.93. The molecule has 0 unspecified atom stereocenters. The number of carbonyl (C=O) groups excluding carboxylic acids is 2. The number of hydrogen-bond donors (Lipinski definition) is 2. The smallest absolute Gasteiger partial charge is 0.343 e. The number of aromatic hydroxyl groups is 1. The number of aliphatic hydroxyl groups is 1. The van der Waals surface area contributed by atoms with Crippen LogP contribution in [-0.4, -0.2) is 82.9 Å². The standard InChI is InChI=1S/C18H25N3O6/c1-19-5-4-13(22)11(10-19)17(25)20-6-3-12-16(18(26)27-2)14(23)9-15(24)21(12)8-7-20/h9,11,13,22-23H,3-8,10H2,1-2H3/t11-,13+/m1/s1. The summed E-state index contributed by atoms with van der Waals surface area (Å²) in [6.07, 6.45) is 0.0935. The van der Waals surface area contributed by atoms with E-state index in [4.69, 9.17) is 4.74 Å². The van der Waals surface area contributed by atoms with Gasteiger partial charge in [0.2, 0.25) is 5.91 Å². The number of amides is 1. The number of likely N-dealkylation sites (tertiary alicyclic amines) is 1. The first-order valence-electron chi connectivity index (χ1n) is 9.03. The fourth-order valence-corrected chi connectivity index (χ4v) is 3.89. The van der Waals surface area contributed by atoms with E-state index in [1.165, 1.54) is 11.7 Å². The highest BCUT2D eigenvalue weighted by molar-refractivity contribution is 5.93. The molecule has 9 nitrogen and oxygen atoms in total. The number of rotatable bonds is 2.